The Morgan fingerprint density at radius 3 is 2.94 bits per heavy atom. The van der Waals surface area contributed by atoms with E-state index in [-0.39, 0.29) is 12.6 Å². The lowest BCUT2D eigenvalue weighted by Crippen LogP contribution is -2.34. The van der Waals surface area contributed by atoms with Gasteiger partial charge in [0.15, 0.2) is 0 Å². The molecule has 1 aromatic rings. The molecule has 0 radical (unpaired) electrons. The highest BCUT2D eigenvalue weighted by Crippen LogP contribution is 2.37. The van der Waals surface area contributed by atoms with Gasteiger partial charge in [-0.25, -0.2) is 8.78 Å². The van der Waals surface area contributed by atoms with Crippen LogP contribution in [0.25, 0.3) is 0 Å². The first-order valence-electron chi connectivity index (χ1n) is 5.10. The summed E-state index contributed by atoms with van der Waals surface area (Å²) in [6, 6.07) is 7.97. The summed E-state index contributed by atoms with van der Waals surface area (Å²) in [6.07, 6.45) is -4.27. The van der Waals surface area contributed by atoms with Crippen molar-refractivity contribution in [1.82, 2.24) is 5.32 Å². The zero-order valence-corrected chi connectivity index (χ0v) is 9.38. The van der Waals surface area contributed by atoms with Gasteiger partial charge in [0, 0.05) is 23.2 Å². The van der Waals surface area contributed by atoms with Crippen LogP contribution in [-0.4, -0.2) is 29.9 Å². The molecule has 16 heavy (non-hydrogen) atoms. The van der Waals surface area contributed by atoms with Crippen LogP contribution in [0.5, 0.6) is 0 Å². The molecule has 0 saturated carbocycles. The molecule has 1 heterocycles. The minimum atomic E-state index is -2.68. The molecule has 1 aliphatic rings. The van der Waals surface area contributed by atoms with Crippen LogP contribution in [0.1, 0.15) is 11.6 Å². The Morgan fingerprint density at radius 2 is 2.19 bits per heavy atom. The first-order chi connectivity index (χ1) is 7.68. The van der Waals surface area contributed by atoms with Crippen molar-refractivity contribution < 1.29 is 13.9 Å². The quantitative estimate of drug-likeness (QED) is 0.851. The van der Waals surface area contributed by atoms with Gasteiger partial charge in [0.2, 0.25) is 0 Å². The van der Waals surface area contributed by atoms with Crippen molar-refractivity contribution in [2.75, 3.05) is 12.3 Å². The van der Waals surface area contributed by atoms with Gasteiger partial charge in [0.25, 0.3) is 6.43 Å². The van der Waals surface area contributed by atoms with E-state index in [9.17, 15) is 8.78 Å². The summed E-state index contributed by atoms with van der Waals surface area (Å²) in [6.45, 7) is -0.0722. The van der Waals surface area contributed by atoms with Crippen LogP contribution in [0.4, 0.5) is 8.78 Å². The van der Waals surface area contributed by atoms with Gasteiger partial charge < -0.3 is 10.4 Å². The maximum absolute atomic E-state index is 12.1. The molecule has 0 aliphatic carbocycles. The molecule has 0 aromatic heterocycles. The van der Waals surface area contributed by atoms with Gasteiger partial charge in [-0.3, -0.25) is 0 Å². The van der Waals surface area contributed by atoms with E-state index < -0.39 is 12.5 Å². The molecular weight excluding hydrogens is 232 g/mol. The zero-order valence-electron chi connectivity index (χ0n) is 8.57. The van der Waals surface area contributed by atoms with E-state index in [1.807, 2.05) is 24.3 Å². The molecule has 0 amide bonds. The molecule has 2 atom stereocenters. The molecule has 0 saturated heterocycles. The van der Waals surface area contributed by atoms with E-state index in [2.05, 4.69) is 5.32 Å². The smallest absolute Gasteiger partial charge is 0.265 e. The predicted molar refractivity (Wildman–Crippen MR) is 59.9 cm³/mol. The molecule has 5 heteroatoms. The monoisotopic (exact) mass is 245 g/mol. The normalized spacial score (nSPS) is 21.1. The molecule has 88 valence electrons. The Balaban J connectivity index is 1.93. The summed E-state index contributed by atoms with van der Waals surface area (Å²) in [7, 11) is 0. The van der Waals surface area contributed by atoms with Crippen LogP contribution in [-0.2, 0) is 0 Å². The minimum absolute atomic E-state index is 0.0644. The molecule has 2 nitrogen and oxygen atoms in total. The van der Waals surface area contributed by atoms with Gasteiger partial charge in [0.1, 0.15) is 6.10 Å². The lowest BCUT2D eigenvalue weighted by molar-refractivity contribution is -0.00431. The van der Waals surface area contributed by atoms with Gasteiger partial charge in [-0.1, -0.05) is 18.2 Å². The van der Waals surface area contributed by atoms with Gasteiger partial charge in [-0.05, 0) is 11.6 Å². The Morgan fingerprint density at radius 1 is 1.44 bits per heavy atom. The highest BCUT2D eigenvalue weighted by Gasteiger charge is 2.24. The van der Waals surface area contributed by atoms with E-state index >= 15 is 0 Å². The third-order valence-electron chi connectivity index (χ3n) is 2.56. The van der Waals surface area contributed by atoms with Crippen LogP contribution in [0.2, 0.25) is 0 Å². The molecule has 0 bridgehead atoms. The molecule has 1 aromatic carbocycles. The average molecular weight is 245 g/mol. The fraction of sp³-hybridized carbons (Fsp3) is 0.455. The number of hydrogen-bond acceptors (Lipinski definition) is 3. The lowest BCUT2D eigenvalue weighted by Gasteiger charge is -2.16. The fourth-order valence-corrected chi connectivity index (χ4v) is 2.88. The van der Waals surface area contributed by atoms with Crippen LogP contribution in [0, 0.1) is 0 Å². The summed E-state index contributed by atoms with van der Waals surface area (Å²) in [4.78, 5) is 1.19. The van der Waals surface area contributed by atoms with Gasteiger partial charge in [-0.2, -0.15) is 0 Å². The molecule has 1 aliphatic heterocycles. The maximum Gasteiger partial charge on any atom is 0.265 e. The number of aliphatic hydroxyl groups is 1. The zero-order chi connectivity index (χ0) is 11.5. The average Bonchev–Trinajstić information content (AvgIpc) is 2.69. The standard InChI is InChI=1S/C11H13F2NOS/c12-11(13)9(15)5-14-8-6-16-10-4-2-1-3-7(8)10/h1-4,8-9,11,14-15H,5-6H2. The number of nitrogens with one attached hydrogen (secondary N) is 1. The second-order valence-electron chi connectivity index (χ2n) is 3.71. The highest BCUT2D eigenvalue weighted by atomic mass is 32.2. The van der Waals surface area contributed by atoms with Crippen molar-refractivity contribution in [2.24, 2.45) is 0 Å². The Kier molecular flexibility index (Phi) is 3.78. The first kappa shape index (κ1) is 11.8. The van der Waals surface area contributed by atoms with Crippen LogP contribution in [0.15, 0.2) is 29.2 Å². The maximum atomic E-state index is 12.1. The minimum Gasteiger partial charge on any atom is -0.386 e. The van der Waals surface area contributed by atoms with E-state index in [0.717, 1.165) is 11.3 Å². The topological polar surface area (TPSA) is 32.3 Å². The summed E-state index contributed by atoms with van der Waals surface area (Å²) in [5, 5.41) is 12.0. The summed E-state index contributed by atoms with van der Waals surface area (Å²) >= 11 is 1.70. The number of fused-ring (bicyclic) bond motifs is 1. The third-order valence-corrected chi connectivity index (χ3v) is 3.75. The van der Waals surface area contributed by atoms with E-state index in [1.54, 1.807) is 11.8 Å². The van der Waals surface area contributed by atoms with Gasteiger partial charge in [-0.15, -0.1) is 11.8 Å². The fourth-order valence-electron chi connectivity index (χ4n) is 1.68. The van der Waals surface area contributed by atoms with E-state index in [4.69, 9.17) is 5.11 Å². The largest absolute Gasteiger partial charge is 0.386 e. The molecular formula is C11H13F2NOS. The van der Waals surface area contributed by atoms with Gasteiger partial charge in [0.05, 0.1) is 0 Å². The van der Waals surface area contributed by atoms with Crippen molar-refractivity contribution in [3.63, 3.8) is 0 Å². The van der Waals surface area contributed by atoms with Crippen molar-refractivity contribution in [3.05, 3.63) is 29.8 Å². The number of thioether (sulfide) groups is 1. The van der Waals surface area contributed by atoms with Crippen LogP contribution in [0.3, 0.4) is 0 Å². The molecule has 2 N–H and O–H groups in total. The van der Waals surface area contributed by atoms with Crippen LogP contribution < -0.4 is 5.32 Å². The predicted octanol–water partition coefficient (Wildman–Crippen LogP) is 2.05. The number of alkyl halides is 2. The summed E-state index contributed by atoms with van der Waals surface area (Å²) in [5.74, 6) is 0.829. The van der Waals surface area contributed by atoms with Crippen molar-refractivity contribution in [3.8, 4) is 0 Å². The highest BCUT2D eigenvalue weighted by molar-refractivity contribution is 7.99. The number of halogens is 2. The molecule has 2 unspecified atom stereocenters. The molecule has 2 rings (SSSR count). The van der Waals surface area contributed by atoms with E-state index in [1.165, 1.54) is 4.90 Å². The third kappa shape index (κ3) is 2.53. The van der Waals surface area contributed by atoms with Gasteiger partial charge >= 0.3 is 0 Å². The number of aliphatic hydroxyl groups excluding tert-OH is 1. The molecule has 0 spiro atoms. The first-order valence-corrected chi connectivity index (χ1v) is 6.08. The number of hydrogen-bond donors (Lipinski definition) is 2. The molecule has 0 fully saturated rings. The lowest BCUT2D eigenvalue weighted by atomic mass is 10.1. The SMILES string of the molecule is OC(CNC1CSc2ccccc21)C(F)F. The number of rotatable bonds is 4. The van der Waals surface area contributed by atoms with Crippen LogP contribution >= 0.6 is 11.8 Å². The van der Waals surface area contributed by atoms with E-state index in [0.29, 0.717) is 0 Å². The summed E-state index contributed by atoms with van der Waals surface area (Å²) in [5.41, 5.74) is 1.13. The Hall–Kier alpha value is -0.650. The Bertz CT molecular complexity index is 362. The second kappa shape index (κ2) is 5.12. The second-order valence-corrected chi connectivity index (χ2v) is 4.77. The van der Waals surface area contributed by atoms with Crippen molar-refractivity contribution in [1.29, 1.82) is 0 Å². The van der Waals surface area contributed by atoms with Crippen molar-refractivity contribution >= 4 is 11.8 Å². The number of benzene rings is 1. The Labute approximate surface area is 97.0 Å². The summed E-state index contributed by atoms with van der Waals surface area (Å²) < 4.78 is 24.2. The van der Waals surface area contributed by atoms with Crippen molar-refractivity contribution in [2.45, 2.75) is 23.5 Å².